The number of para-hydroxylation sites is 4. The minimum atomic E-state index is -3.37. The molecule has 1 heterocycles. The average molecular weight is 477 g/mol. The van der Waals surface area contributed by atoms with Crippen molar-refractivity contribution < 1.29 is 27.5 Å². The topological polar surface area (TPSA) is 136 Å². The molecule has 3 aromatic rings. The summed E-state index contributed by atoms with van der Waals surface area (Å²) in [6.45, 7) is -0.0228. The van der Waals surface area contributed by atoms with Crippen molar-refractivity contribution >= 4 is 44.0 Å². The van der Waals surface area contributed by atoms with E-state index < -0.39 is 21.8 Å². The van der Waals surface area contributed by atoms with Crippen LogP contribution in [0.15, 0.2) is 53.9 Å². The van der Waals surface area contributed by atoms with Crippen molar-refractivity contribution in [1.82, 2.24) is 9.71 Å². The number of carbonyl (C=O) groups excluding carboxylic acids is 2. The summed E-state index contributed by atoms with van der Waals surface area (Å²) < 4.78 is 35.7. The Balaban J connectivity index is 1.65. The van der Waals surface area contributed by atoms with E-state index in [1.165, 1.54) is 7.11 Å². The van der Waals surface area contributed by atoms with Crippen LogP contribution in [0.3, 0.4) is 0 Å². The molecule has 0 aliphatic rings. The third kappa shape index (κ3) is 6.51. The predicted octanol–water partition coefficient (Wildman–Crippen LogP) is 2.57. The summed E-state index contributed by atoms with van der Waals surface area (Å²) in [6, 6.07) is 13.7. The summed E-state index contributed by atoms with van der Waals surface area (Å²) in [5, 5.41) is 6.63. The molecule has 0 atom stereocenters. The molecule has 10 nitrogen and oxygen atoms in total. The second-order valence-corrected chi connectivity index (χ2v) is 9.09. The Morgan fingerprint density at radius 2 is 1.59 bits per heavy atom. The minimum Gasteiger partial charge on any atom is -0.493 e. The largest absolute Gasteiger partial charge is 0.493 e. The van der Waals surface area contributed by atoms with Crippen LogP contribution in [0.5, 0.6) is 17.2 Å². The molecule has 1 aromatic heterocycles. The van der Waals surface area contributed by atoms with Gasteiger partial charge in [0.15, 0.2) is 22.4 Å². The lowest BCUT2D eigenvalue weighted by atomic mass is 10.2. The highest BCUT2D eigenvalue weighted by Crippen LogP contribution is 2.34. The summed E-state index contributed by atoms with van der Waals surface area (Å²) in [7, 11) is -1.86. The molecule has 0 fully saturated rings. The number of sulfonamides is 1. The maximum atomic E-state index is 12.4. The lowest BCUT2D eigenvalue weighted by Crippen LogP contribution is -2.29. The fraction of sp³-hybridized carbons (Fsp3) is 0.150. The molecule has 0 saturated carbocycles. The molecule has 12 heteroatoms. The highest BCUT2D eigenvalue weighted by atomic mass is 32.2. The molecule has 0 spiro atoms. The molecular weight excluding hydrogens is 456 g/mol. The first-order valence-corrected chi connectivity index (χ1v) is 11.9. The maximum Gasteiger partial charge on any atom is 0.315 e. The second kappa shape index (κ2) is 10.2. The summed E-state index contributed by atoms with van der Waals surface area (Å²) in [4.78, 5) is 28.8. The van der Waals surface area contributed by atoms with Crippen LogP contribution in [-0.4, -0.2) is 38.6 Å². The SMILES string of the molecule is COc1ccccc1Oc1ccccc1NC(=O)C(=O)Nc1nc(CNS(C)(=O)=O)cs1. The van der Waals surface area contributed by atoms with Gasteiger partial charge >= 0.3 is 11.8 Å². The summed E-state index contributed by atoms with van der Waals surface area (Å²) >= 11 is 1.06. The summed E-state index contributed by atoms with van der Waals surface area (Å²) in [6.07, 6.45) is 1.03. The van der Waals surface area contributed by atoms with Gasteiger partial charge in [-0.15, -0.1) is 11.3 Å². The number of carbonyl (C=O) groups is 2. The van der Waals surface area contributed by atoms with E-state index in [0.717, 1.165) is 17.6 Å². The van der Waals surface area contributed by atoms with Crippen LogP contribution >= 0.6 is 11.3 Å². The number of hydrogen-bond donors (Lipinski definition) is 3. The zero-order valence-electron chi connectivity index (χ0n) is 17.1. The molecule has 3 N–H and O–H groups in total. The highest BCUT2D eigenvalue weighted by Gasteiger charge is 2.18. The minimum absolute atomic E-state index is 0.0228. The molecule has 0 bridgehead atoms. The van der Waals surface area contributed by atoms with Crippen molar-refractivity contribution in [2.75, 3.05) is 24.0 Å². The van der Waals surface area contributed by atoms with Gasteiger partial charge in [-0.1, -0.05) is 24.3 Å². The molecule has 2 amide bonds. The molecular formula is C20H20N4O6S2. The Labute approximate surface area is 188 Å². The monoisotopic (exact) mass is 476 g/mol. The van der Waals surface area contributed by atoms with Crippen LogP contribution in [0.4, 0.5) is 10.8 Å². The molecule has 3 rings (SSSR count). The van der Waals surface area contributed by atoms with Crippen LogP contribution in [-0.2, 0) is 26.2 Å². The first kappa shape index (κ1) is 23.2. The molecule has 32 heavy (non-hydrogen) atoms. The Morgan fingerprint density at radius 1 is 0.969 bits per heavy atom. The Morgan fingerprint density at radius 3 is 2.28 bits per heavy atom. The smallest absolute Gasteiger partial charge is 0.315 e. The van der Waals surface area contributed by atoms with Crippen molar-refractivity contribution in [2.24, 2.45) is 0 Å². The van der Waals surface area contributed by atoms with Crippen molar-refractivity contribution in [1.29, 1.82) is 0 Å². The highest BCUT2D eigenvalue weighted by molar-refractivity contribution is 7.88. The Hall–Kier alpha value is -3.48. The normalized spacial score (nSPS) is 10.9. The number of ether oxygens (including phenoxy) is 2. The zero-order chi connectivity index (χ0) is 23.1. The van der Waals surface area contributed by atoms with E-state index in [1.807, 2.05) is 0 Å². The quantitative estimate of drug-likeness (QED) is 0.425. The number of methoxy groups -OCH3 is 1. The fourth-order valence-corrected chi connectivity index (χ4v) is 3.58. The average Bonchev–Trinajstić information content (AvgIpc) is 3.21. The number of amides is 2. The van der Waals surface area contributed by atoms with Gasteiger partial charge < -0.3 is 14.8 Å². The van der Waals surface area contributed by atoms with Crippen LogP contribution in [0, 0.1) is 0 Å². The van der Waals surface area contributed by atoms with Crippen molar-refractivity contribution in [3.8, 4) is 17.2 Å². The first-order chi connectivity index (χ1) is 15.2. The van der Waals surface area contributed by atoms with E-state index >= 15 is 0 Å². The van der Waals surface area contributed by atoms with Gasteiger partial charge in [-0.05, 0) is 24.3 Å². The number of nitrogens with one attached hydrogen (secondary N) is 3. The fourth-order valence-electron chi connectivity index (χ4n) is 2.46. The van der Waals surface area contributed by atoms with Crippen LogP contribution in [0.2, 0.25) is 0 Å². The molecule has 0 saturated heterocycles. The second-order valence-electron chi connectivity index (χ2n) is 6.39. The standard InChI is InChI=1S/C20H20N4O6S2/c1-29-16-9-5-6-10-17(16)30-15-8-4-3-7-14(15)23-18(25)19(26)24-20-22-13(12-31-20)11-21-32(2,27)28/h3-10,12,21H,11H2,1-2H3,(H,23,25)(H,22,24,26). The number of rotatable bonds is 8. The van der Waals surface area contributed by atoms with E-state index in [0.29, 0.717) is 22.9 Å². The van der Waals surface area contributed by atoms with Gasteiger partial charge in [-0.3, -0.25) is 14.9 Å². The van der Waals surface area contributed by atoms with Gasteiger partial charge in [0.2, 0.25) is 10.0 Å². The van der Waals surface area contributed by atoms with Gasteiger partial charge in [-0.2, -0.15) is 0 Å². The summed E-state index contributed by atoms with van der Waals surface area (Å²) in [5.41, 5.74) is 0.697. The summed E-state index contributed by atoms with van der Waals surface area (Å²) in [5.74, 6) is -0.585. The lowest BCUT2D eigenvalue weighted by Gasteiger charge is -2.13. The lowest BCUT2D eigenvalue weighted by molar-refractivity contribution is -0.133. The number of aromatic nitrogens is 1. The van der Waals surface area contributed by atoms with E-state index in [-0.39, 0.29) is 17.4 Å². The van der Waals surface area contributed by atoms with Crippen molar-refractivity contribution in [3.63, 3.8) is 0 Å². The number of anilines is 2. The molecule has 168 valence electrons. The number of benzene rings is 2. The third-order valence-electron chi connectivity index (χ3n) is 3.92. The molecule has 0 unspecified atom stereocenters. The zero-order valence-corrected chi connectivity index (χ0v) is 18.7. The van der Waals surface area contributed by atoms with E-state index in [4.69, 9.17) is 9.47 Å². The van der Waals surface area contributed by atoms with Crippen LogP contribution < -0.4 is 24.8 Å². The van der Waals surface area contributed by atoms with Gasteiger partial charge in [0, 0.05) is 5.38 Å². The van der Waals surface area contributed by atoms with Gasteiger partial charge in [0.05, 0.1) is 31.3 Å². The molecule has 0 radical (unpaired) electrons. The maximum absolute atomic E-state index is 12.4. The van der Waals surface area contributed by atoms with Gasteiger partial charge in [0.25, 0.3) is 0 Å². The van der Waals surface area contributed by atoms with Crippen molar-refractivity contribution in [3.05, 3.63) is 59.6 Å². The van der Waals surface area contributed by atoms with E-state index in [2.05, 4.69) is 20.3 Å². The molecule has 0 aliphatic carbocycles. The van der Waals surface area contributed by atoms with E-state index in [1.54, 1.807) is 53.9 Å². The van der Waals surface area contributed by atoms with Crippen LogP contribution in [0.25, 0.3) is 0 Å². The Bertz CT molecular complexity index is 1230. The molecule has 0 aliphatic heterocycles. The Kier molecular flexibility index (Phi) is 7.41. The number of hydrogen-bond acceptors (Lipinski definition) is 8. The van der Waals surface area contributed by atoms with E-state index in [9.17, 15) is 18.0 Å². The van der Waals surface area contributed by atoms with Crippen LogP contribution in [0.1, 0.15) is 5.69 Å². The van der Waals surface area contributed by atoms with Gasteiger partial charge in [0.1, 0.15) is 0 Å². The van der Waals surface area contributed by atoms with Crippen molar-refractivity contribution in [2.45, 2.75) is 6.54 Å². The van der Waals surface area contributed by atoms with Gasteiger partial charge in [-0.25, -0.2) is 18.1 Å². The third-order valence-corrected chi connectivity index (χ3v) is 5.39. The number of thiazole rings is 1. The number of nitrogens with zero attached hydrogens (tertiary/aromatic N) is 1. The molecule has 2 aromatic carbocycles. The predicted molar refractivity (Wildman–Crippen MR) is 121 cm³/mol. The first-order valence-electron chi connectivity index (χ1n) is 9.16.